The van der Waals surface area contributed by atoms with Crippen LogP contribution in [0.25, 0.3) is 0 Å². The minimum absolute atomic E-state index is 0.151. The molecule has 0 saturated carbocycles. The van der Waals surface area contributed by atoms with E-state index < -0.39 is 24.3 Å². The molecular weight excluding hydrogens is 534 g/mol. The van der Waals surface area contributed by atoms with Gasteiger partial charge in [-0.3, -0.25) is 14.7 Å². The number of aliphatic carboxylic acids is 2. The predicted octanol–water partition coefficient (Wildman–Crippen LogP) is 1.98. The number of carboxylic acid groups (broad SMARTS) is 2. The number of ketones is 1. The van der Waals surface area contributed by atoms with Crippen molar-refractivity contribution in [2.45, 2.75) is 32.1 Å². The second-order valence-corrected chi connectivity index (χ2v) is 7.64. The van der Waals surface area contributed by atoms with Crippen LogP contribution in [0.2, 0.25) is 0 Å². The lowest BCUT2D eigenvalue weighted by Crippen LogP contribution is -2.33. The molecule has 0 fully saturated rings. The lowest BCUT2D eigenvalue weighted by atomic mass is 10.1. The molecule has 1 amide bonds. The first-order chi connectivity index (χ1) is 17.4. The molecule has 3 rings (SSSR count). The number of anilines is 1. The first-order valence-electron chi connectivity index (χ1n) is 10.3. The standard InChI is InChI=1S/C16H20N6O2.2C2HF3O2/c1-10(23)13-8-14(20-19-13)16(24)22-6-4-11-12(5-7-22)17-9-18-15(11)21(2)3;2*3-2(4,5)1(6)7/h8-9H,4-7H2,1-3H3,(H,19,20);2*(H,6,7). The smallest absolute Gasteiger partial charge is 0.475 e. The second kappa shape index (κ2) is 12.8. The van der Waals surface area contributed by atoms with Crippen molar-refractivity contribution in [1.29, 1.82) is 0 Å². The molecule has 18 heteroatoms. The Morgan fingerprint density at radius 3 is 1.87 bits per heavy atom. The molecule has 12 nitrogen and oxygen atoms in total. The van der Waals surface area contributed by atoms with Crippen molar-refractivity contribution >= 4 is 29.4 Å². The normalized spacial score (nSPS) is 13.0. The zero-order valence-electron chi connectivity index (χ0n) is 20.0. The zero-order valence-corrected chi connectivity index (χ0v) is 20.0. The lowest BCUT2D eigenvalue weighted by Gasteiger charge is -2.19. The Labute approximate surface area is 210 Å². The summed E-state index contributed by atoms with van der Waals surface area (Å²) in [6, 6.07) is 1.51. The molecule has 0 spiro atoms. The first-order valence-corrected chi connectivity index (χ1v) is 10.3. The molecule has 0 saturated heterocycles. The van der Waals surface area contributed by atoms with Gasteiger partial charge in [0, 0.05) is 46.1 Å². The predicted molar refractivity (Wildman–Crippen MR) is 116 cm³/mol. The lowest BCUT2D eigenvalue weighted by molar-refractivity contribution is -0.193. The summed E-state index contributed by atoms with van der Waals surface area (Å²) >= 11 is 0. The van der Waals surface area contributed by atoms with Crippen molar-refractivity contribution in [1.82, 2.24) is 25.1 Å². The van der Waals surface area contributed by atoms with Crippen LogP contribution in [-0.2, 0) is 22.4 Å². The first kappa shape index (κ1) is 31.8. The Bertz CT molecular complexity index is 1140. The molecule has 1 aliphatic rings. The van der Waals surface area contributed by atoms with E-state index in [-0.39, 0.29) is 17.4 Å². The quantitative estimate of drug-likeness (QED) is 0.375. The molecule has 0 aromatic carbocycles. The fourth-order valence-electron chi connectivity index (χ4n) is 2.88. The summed E-state index contributed by atoms with van der Waals surface area (Å²) in [6.07, 6.45) is -7.22. The van der Waals surface area contributed by atoms with E-state index in [4.69, 9.17) is 19.8 Å². The van der Waals surface area contributed by atoms with E-state index >= 15 is 0 Å². The highest BCUT2D eigenvalue weighted by molar-refractivity contribution is 5.97. The molecule has 210 valence electrons. The van der Waals surface area contributed by atoms with Crippen LogP contribution in [0.1, 0.15) is 39.2 Å². The minimum atomic E-state index is -5.08. The number of hydrogen-bond donors (Lipinski definition) is 3. The van der Waals surface area contributed by atoms with Crippen molar-refractivity contribution in [3.05, 3.63) is 35.0 Å². The van der Waals surface area contributed by atoms with Gasteiger partial charge < -0.3 is 20.0 Å². The van der Waals surface area contributed by atoms with Crippen LogP contribution in [-0.4, -0.2) is 98.4 Å². The number of nitrogens with one attached hydrogen (secondary N) is 1. The van der Waals surface area contributed by atoms with Crippen LogP contribution < -0.4 is 4.90 Å². The number of H-pyrrole nitrogens is 1. The number of halogens is 6. The van der Waals surface area contributed by atoms with E-state index in [1.807, 2.05) is 19.0 Å². The molecule has 0 aliphatic carbocycles. The van der Waals surface area contributed by atoms with E-state index in [2.05, 4.69) is 20.2 Å². The van der Waals surface area contributed by atoms with Gasteiger partial charge in [0.15, 0.2) is 5.78 Å². The van der Waals surface area contributed by atoms with Crippen molar-refractivity contribution < 1.29 is 55.7 Å². The monoisotopic (exact) mass is 556 g/mol. The SMILES string of the molecule is CC(=O)c1cc(C(=O)N2CCc3ncnc(N(C)C)c3CC2)[nH]n1.O=C(O)C(F)(F)F.O=C(O)C(F)(F)F. The molecule has 2 aromatic rings. The van der Waals surface area contributed by atoms with Gasteiger partial charge in [-0.2, -0.15) is 31.4 Å². The fraction of sp³-hybridized carbons (Fsp3) is 0.450. The van der Waals surface area contributed by atoms with E-state index in [0.29, 0.717) is 31.6 Å². The van der Waals surface area contributed by atoms with Gasteiger partial charge >= 0.3 is 24.3 Å². The Kier molecular flexibility index (Phi) is 10.7. The molecule has 38 heavy (non-hydrogen) atoms. The number of carbonyl (C=O) groups excluding carboxylic acids is 2. The average Bonchev–Trinajstić information content (AvgIpc) is 3.19. The number of aromatic nitrogens is 4. The number of rotatable bonds is 3. The molecule has 0 unspecified atom stereocenters. The van der Waals surface area contributed by atoms with Crippen molar-refractivity contribution in [2.75, 3.05) is 32.1 Å². The maximum absolute atomic E-state index is 12.7. The van der Waals surface area contributed by atoms with Crippen LogP contribution in [0, 0.1) is 0 Å². The van der Waals surface area contributed by atoms with Gasteiger partial charge in [0.05, 0.1) is 5.69 Å². The number of amides is 1. The maximum atomic E-state index is 12.7. The van der Waals surface area contributed by atoms with Gasteiger partial charge in [-0.05, 0) is 12.5 Å². The number of hydrogen-bond acceptors (Lipinski definition) is 8. The number of carboxylic acids is 2. The summed E-state index contributed by atoms with van der Waals surface area (Å²) < 4.78 is 63.5. The number of aromatic amines is 1. The summed E-state index contributed by atoms with van der Waals surface area (Å²) in [7, 11) is 3.90. The van der Waals surface area contributed by atoms with Gasteiger partial charge in [-0.15, -0.1) is 0 Å². The largest absolute Gasteiger partial charge is 0.490 e. The molecule has 2 aromatic heterocycles. The Morgan fingerprint density at radius 2 is 1.45 bits per heavy atom. The fourth-order valence-corrected chi connectivity index (χ4v) is 2.88. The van der Waals surface area contributed by atoms with Crippen LogP contribution >= 0.6 is 0 Å². The molecule has 3 heterocycles. The highest BCUT2D eigenvalue weighted by atomic mass is 19.4. The molecule has 1 aliphatic heterocycles. The van der Waals surface area contributed by atoms with Gasteiger partial charge in [0.25, 0.3) is 5.91 Å². The number of Topliss-reactive ketones (excluding diaryl/α,β-unsaturated/α-hetero) is 1. The average molecular weight is 556 g/mol. The Morgan fingerprint density at radius 1 is 0.947 bits per heavy atom. The summed E-state index contributed by atoms with van der Waals surface area (Å²) in [5.41, 5.74) is 2.69. The topological polar surface area (TPSA) is 170 Å². The number of nitrogens with zero attached hydrogens (tertiary/aromatic N) is 5. The van der Waals surface area contributed by atoms with Crippen LogP contribution in [0.3, 0.4) is 0 Å². The van der Waals surface area contributed by atoms with E-state index in [0.717, 1.165) is 17.1 Å². The zero-order chi connectivity index (χ0) is 29.4. The minimum Gasteiger partial charge on any atom is -0.475 e. The molecular formula is C20H22F6N6O6. The summed E-state index contributed by atoms with van der Waals surface area (Å²) in [5, 5.41) is 20.8. The van der Waals surface area contributed by atoms with Crippen LogP contribution in [0.5, 0.6) is 0 Å². The third-order valence-corrected chi connectivity index (χ3v) is 4.63. The molecule has 0 bridgehead atoms. The molecule has 3 N–H and O–H groups in total. The van der Waals surface area contributed by atoms with Gasteiger partial charge in [0.2, 0.25) is 0 Å². The molecule has 0 radical (unpaired) electrons. The highest BCUT2D eigenvalue weighted by Gasteiger charge is 2.38. The second-order valence-electron chi connectivity index (χ2n) is 7.64. The van der Waals surface area contributed by atoms with Crippen molar-refractivity contribution in [2.24, 2.45) is 0 Å². The van der Waals surface area contributed by atoms with Gasteiger partial charge in [-0.1, -0.05) is 0 Å². The van der Waals surface area contributed by atoms with Gasteiger partial charge in [-0.25, -0.2) is 19.6 Å². The van der Waals surface area contributed by atoms with Crippen LogP contribution in [0.15, 0.2) is 12.4 Å². The summed E-state index contributed by atoms with van der Waals surface area (Å²) in [6.45, 7) is 2.58. The summed E-state index contributed by atoms with van der Waals surface area (Å²) in [5.74, 6) is -4.93. The highest BCUT2D eigenvalue weighted by Crippen LogP contribution is 2.22. The van der Waals surface area contributed by atoms with Crippen molar-refractivity contribution in [3.8, 4) is 0 Å². The number of fused-ring (bicyclic) bond motifs is 1. The third-order valence-electron chi connectivity index (χ3n) is 4.63. The molecule has 0 atom stereocenters. The van der Waals surface area contributed by atoms with E-state index in [1.54, 1.807) is 11.2 Å². The van der Waals surface area contributed by atoms with E-state index in [9.17, 15) is 35.9 Å². The Hall–Kier alpha value is -4.25. The Balaban J connectivity index is 0.000000426. The van der Waals surface area contributed by atoms with Crippen LogP contribution in [0.4, 0.5) is 32.2 Å². The number of alkyl halides is 6. The van der Waals surface area contributed by atoms with Gasteiger partial charge in [0.1, 0.15) is 23.5 Å². The summed E-state index contributed by atoms with van der Waals surface area (Å²) in [4.78, 5) is 54.2. The van der Waals surface area contributed by atoms with Crippen molar-refractivity contribution in [3.63, 3.8) is 0 Å². The van der Waals surface area contributed by atoms with E-state index in [1.165, 1.54) is 13.0 Å². The maximum Gasteiger partial charge on any atom is 0.490 e. The number of carbonyl (C=O) groups is 4. The third kappa shape index (κ3) is 9.32.